The second-order valence-corrected chi connectivity index (χ2v) is 6.43. The number of nitrogens with two attached hydrogens (primary N) is 1. The standard InChI is InChI=1S/C20H24N2O2/c1-14-9-11-15(12-10-14)19(21)20(23)22-16-5-4-8-18(13-16)24-17-6-2-3-7-17/h4-5,8-13,17,19H,2-3,6-7,21H2,1H3,(H,22,23). The number of anilines is 1. The second kappa shape index (κ2) is 7.49. The molecule has 1 fully saturated rings. The summed E-state index contributed by atoms with van der Waals surface area (Å²) in [5.74, 6) is 0.570. The van der Waals surface area contributed by atoms with Crippen molar-refractivity contribution in [3.05, 3.63) is 59.7 Å². The fraction of sp³-hybridized carbons (Fsp3) is 0.350. The Kier molecular flexibility index (Phi) is 5.16. The summed E-state index contributed by atoms with van der Waals surface area (Å²) in [6, 6.07) is 14.5. The lowest BCUT2D eigenvalue weighted by molar-refractivity contribution is -0.117. The highest BCUT2D eigenvalue weighted by molar-refractivity contribution is 5.95. The number of carbonyl (C=O) groups is 1. The number of aryl methyl sites for hydroxylation is 1. The fourth-order valence-electron chi connectivity index (χ4n) is 2.99. The SMILES string of the molecule is Cc1ccc(C(N)C(=O)Nc2cccc(OC3CCCC3)c2)cc1. The first kappa shape index (κ1) is 16.5. The first-order valence-corrected chi connectivity index (χ1v) is 8.51. The van der Waals surface area contributed by atoms with Crippen LogP contribution in [-0.2, 0) is 4.79 Å². The van der Waals surface area contributed by atoms with Crippen LogP contribution in [0, 0.1) is 6.92 Å². The second-order valence-electron chi connectivity index (χ2n) is 6.43. The fourth-order valence-corrected chi connectivity index (χ4v) is 2.99. The van der Waals surface area contributed by atoms with E-state index in [0.29, 0.717) is 11.8 Å². The predicted octanol–water partition coefficient (Wildman–Crippen LogP) is 3.95. The Balaban J connectivity index is 1.64. The van der Waals surface area contributed by atoms with Gasteiger partial charge in [0.2, 0.25) is 5.91 Å². The molecule has 1 unspecified atom stereocenters. The van der Waals surface area contributed by atoms with Gasteiger partial charge in [-0.2, -0.15) is 0 Å². The molecule has 0 aromatic heterocycles. The Bertz CT molecular complexity index is 691. The third-order valence-corrected chi connectivity index (χ3v) is 4.43. The molecule has 24 heavy (non-hydrogen) atoms. The van der Waals surface area contributed by atoms with Gasteiger partial charge in [-0.1, -0.05) is 35.9 Å². The van der Waals surface area contributed by atoms with E-state index in [1.807, 2.05) is 55.5 Å². The van der Waals surface area contributed by atoms with Crippen molar-refractivity contribution in [2.24, 2.45) is 5.73 Å². The van der Waals surface area contributed by atoms with E-state index in [1.54, 1.807) is 0 Å². The molecule has 0 bridgehead atoms. The van der Waals surface area contributed by atoms with Gasteiger partial charge in [-0.05, 0) is 50.3 Å². The van der Waals surface area contributed by atoms with E-state index >= 15 is 0 Å². The molecule has 0 saturated heterocycles. The van der Waals surface area contributed by atoms with Crippen molar-refractivity contribution in [2.45, 2.75) is 44.8 Å². The molecular weight excluding hydrogens is 300 g/mol. The third kappa shape index (κ3) is 4.15. The van der Waals surface area contributed by atoms with Crippen LogP contribution in [0.1, 0.15) is 42.9 Å². The van der Waals surface area contributed by atoms with Crippen molar-refractivity contribution in [2.75, 3.05) is 5.32 Å². The molecule has 4 heteroatoms. The normalized spacial score (nSPS) is 15.9. The van der Waals surface area contributed by atoms with E-state index in [-0.39, 0.29) is 5.91 Å². The number of nitrogens with one attached hydrogen (secondary N) is 1. The Labute approximate surface area is 143 Å². The molecule has 2 aromatic rings. The van der Waals surface area contributed by atoms with E-state index in [0.717, 1.165) is 29.7 Å². The highest BCUT2D eigenvalue weighted by Gasteiger charge is 2.18. The van der Waals surface area contributed by atoms with Gasteiger partial charge in [0.1, 0.15) is 11.8 Å². The topological polar surface area (TPSA) is 64.4 Å². The molecule has 1 amide bonds. The predicted molar refractivity (Wildman–Crippen MR) is 96.1 cm³/mol. The van der Waals surface area contributed by atoms with Gasteiger partial charge in [0, 0.05) is 11.8 Å². The van der Waals surface area contributed by atoms with Crippen LogP contribution in [0.15, 0.2) is 48.5 Å². The molecule has 1 saturated carbocycles. The maximum atomic E-state index is 12.4. The van der Waals surface area contributed by atoms with E-state index in [4.69, 9.17) is 10.5 Å². The molecule has 3 rings (SSSR count). The average molecular weight is 324 g/mol. The smallest absolute Gasteiger partial charge is 0.245 e. The van der Waals surface area contributed by atoms with Crippen LogP contribution in [0.25, 0.3) is 0 Å². The molecule has 0 spiro atoms. The minimum atomic E-state index is -0.690. The average Bonchev–Trinajstić information content (AvgIpc) is 3.08. The molecule has 126 valence electrons. The van der Waals surface area contributed by atoms with Gasteiger partial charge in [-0.15, -0.1) is 0 Å². The number of hydrogen-bond donors (Lipinski definition) is 2. The molecule has 0 radical (unpaired) electrons. The van der Waals surface area contributed by atoms with Crippen LogP contribution < -0.4 is 15.8 Å². The van der Waals surface area contributed by atoms with Crippen molar-refractivity contribution in [3.63, 3.8) is 0 Å². The Morgan fingerprint density at radius 3 is 2.58 bits per heavy atom. The Morgan fingerprint density at radius 2 is 1.88 bits per heavy atom. The lowest BCUT2D eigenvalue weighted by Crippen LogP contribution is -2.27. The largest absolute Gasteiger partial charge is 0.490 e. The van der Waals surface area contributed by atoms with Gasteiger partial charge in [0.05, 0.1) is 6.10 Å². The number of hydrogen-bond acceptors (Lipinski definition) is 3. The highest BCUT2D eigenvalue weighted by Crippen LogP contribution is 2.26. The van der Waals surface area contributed by atoms with Crippen LogP contribution >= 0.6 is 0 Å². The number of rotatable bonds is 5. The molecule has 2 aromatic carbocycles. The highest BCUT2D eigenvalue weighted by atomic mass is 16.5. The summed E-state index contributed by atoms with van der Waals surface area (Å²) in [6.07, 6.45) is 4.97. The number of amides is 1. The first-order chi connectivity index (χ1) is 11.6. The number of carbonyl (C=O) groups excluding carboxylic acids is 1. The summed E-state index contributed by atoms with van der Waals surface area (Å²) in [7, 11) is 0. The summed E-state index contributed by atoms with van der Waals surface area (Å²) in [6.45, 7) is 2.01. The van der Waals surface area contributed by atoms with Crippen molar-refractivity contribution >= 4 is 11.6 Å². The van der Waals surface area contributed by atoms with E-state index in [9.17, 15) is 4.79 Å². The Morgan fingerprint density at radius 1 is 1.17 bits per heavy atom. The van der Waals surface area contributed by atoms with Crippen LogP contribution in [0.5, 0.6) is 5.75 Å². The van der Waals surface area contributed by atoms with Crippen LogP contribution in [0.4, 0.5) is 5.69 Å². The van der Waals surface area contributed by atoms with E-state index in [1.165, 1.54) is 12.8 Å². The number of benzene rings is 2. The van der Waals surface area contributed by atoms with Crippen molar-refractivity contribution in [1.29, 1.82) is 0 Å². The zero-order chi connectivity index (χ0) is 16.9. The monoisotopic (exact) mass is 324 g/mol. The van der Waals surface area contributed by atoms with Gasteiger partial charge < -0.3 is 15.8 Å². The summed E-state index contributed by atoms with van der Waals surface area (Å²) in [5, 5.41) is 2.88. The number of ether oxygens (including phenoxy) is 1. The maximum Gasteiger partial charge on any atom is 0.245 e. The minimum absolute atomic E-state index is 0.225. The molecule has 4 nitrogen and oxygen atoms in total. The van der Waals surface area contributed by atoms with Gasteiger partial charge in [0.15, 0.2) is 0 Å². The van der Waals surface area contributed by atoms with Crippen molar-refractivity contribution in [1.82, 2.24) is 0 Å². The van der Waals surface area contributed by atoms with Gasteiger partial charge >= 0.3 is 0 Å². The van der Waals surface area contributed by atoms with Crippen LogP contribution in [0.3, 0.4) is 0 Å². The molecule has 1 aliphatic rings. The van der Waals surface area contributed by atoms with Gasteiger partial charge in [0.25, 0.3) is 0 Å². The summed E-state index contributed by atoms with van der Waals surface area (Å²) >= 11 is 0. The molecule has 1 atom stereocenters. The molecule has 0 aliphatic heterocycles. The summed E-state index contributed by atoms with van der Waals surface area (Å²) < 4.78 is 5.97. The lowest BCUT2D eigenvalue weighted by Gasteiger charge is -2.16. The lowest BCUT2D eigenvalue weighted by atomic mass is 10.1. The molecule has 0 heterocycles. The minimum Gasteiger partial charge on any atom is -0.490 e. The van der Waals surface area contributed by atoms with Crippen molar-refractivity contribution < 1.29 is 9.53 Å². The zero-order valence-corrected chi connectivity index (χ0v) is 14.0. The molecule has 3 N–H and O–H groups in total. The summed E-state index contributed by atoms with van der Waals surface area (Å²) in [5.41, 5.74) is 8.71. The molecular formula is C20H24N2O2. The zero-order valence-electron chi connectivity index (χ0n) is 14.0. The van der Waals surface area contributed by atoms with Crippen LogP contribution in [-0.4, -0.2) is 12.0 Å². The summed E-state index contributed by atoms with van der Waals surface area (Å²) in [4.78, 5) is 12.4. The van der Waals surface area contributed by atoms with Gasteiger partial charge in [-0.25, -0.2) is 0 Å². The van der Waals surface area contributed by atoms with Crippen LogP contribution in [0.2, 0.25) is 0 Å². The van der Waals surface area contributed by atoms with E-state index in [2.05, 4.69) is 5.32 Å². The maximum absolute atomic E-state index is 12.4. The van der Waals surface area contributed by atoms with Crippen molar-refractivity contribution in [3.8, 4) is 5.75 Å². The van der Waals surface area contributed by atoms with Gasteiger partial charge in [-0.3, -0.25) is 4.79 Å². The molecule has 1 aliphatic carbocycles. The first-order valence-electron chi connectivity index (χ1n) is 8.51. The third-order valence-electron chi connectivity index (χ3n) is 4.43. The van der Waals surface area contributed by atoms with E-state index < -0.39 is 6.04 Å². The quantitative estimate of drug-likeness (QED) is 0.875. The Hall–Kier alpha value is -2.33.